The number of amides is 2. The predicted molar refractivity (Wildman–Crippen MR) is 74.3 cm³/mol. The Hall–Kier alpha value is -2.84. The topological polar surface area (TPSA) is 115 Å². The smallest absolute Gasteiger partial charge is 0.246 e. The monoisotopic (exact) mass is 289 g/mol. The molecule has 0 fully saturated rings. The minimum Gasteiger partial charge on any atom is -0.322 e. The van der Waals surface area contributed by atoms with Crippen LogP contribution in [-0.2, 0) is 16.1 Å². The van der Waals surface area contributed by atoms with E-state index in [0.717, 1.165) is 0 Å². The van der Waals surface area contributed by atoms with E-state index in [9.17, 15) is 9.59 Å². The number of hydrogen-bond donors (Lipinski definition) is 2. The Morgan fingerprint density at radius 3 is 2.57 bits per heavy atom. The van der Waals surface area contributed by atoms with Crippen LogP contribution in [0.25, 0.3) is 0 Å². The van der Waals surface area contributed by atoms with Crippen molar-refractivity contribution in [2.75, 3.05) is 10.6 Å². The fourth-order valence-corrected chi connectivity index (χ4v) is 1.47. The lowest BCUT2D eigenvalue weighted by molar-refractivity contribution is -0.117. The zero-order chi connectivity index (χ0) is 15.2. The summed E-state index contributed by atoms with van der Waals surface area (Å²) in [6.45, 7) is 3.47. The van der Waals surface area contributed by atoms with E-state index in [-0.39, 0.29) is 18.4 Å². The van der Waals surface area contributed by atoms with Gasteiger partial charge in [-0.15, -0.1) is 5.10 Å². The molecule has 0 saturated heterocycles. The minimum absolute atomic E-state index is 0.0249. The zero-order valence-electron chi connectivity index (χ0n) is 11.7. The quantitative estimate of drug-likeness (QED) is 0.821. The van der Waals surface area contributed by atoms with Gasteiger partial charge in [0.25, 0.3) is 0 Å². The minimum atomic E-state index is -0.291. The molecule has 9 nitrogen and oxygen atoms in total. The van der Waals surface area contributed by atoms with Gasteiger partial charge in [-0.05, 0) is 6.92 Å². The predicted octanol–water partition coefficient (Wildman–Crippen LogP) is 0.364. The molecule has 0 aliphatic carbocycles. The highest BCUT2D eigenvalue weighted by Crippen LogP contribution is 2.04. The summed E-state index contributed by atoms with van der Waals surface area (Å²) in [6.07, 6.45) is 4.88. The first kappa shape index (κ1) is 14.6. The molecule has 21 heavy (non-hydrogen) atoms. The number of rotatable bonds is 5. The lowest BCUT2D eigenvalue weighted by Crippen LogP contribution is -2.19. The van der Waals surface area contributed by atoms with E-state index >= 15 is 0 Å². The van der Waals surface area contributed by atoms with Crippen molar-refractivity contribution in [3.63, 3.8) is 0 Å². The maximum Gasteiger partial charge on any atom is 0.246 e. The van der Waals surface area contributed by atoms with Crippen LogP contribution in [0.2, 0.25) is 0 Å². The van der Waals surface area contributed by atoms with E-state index < -0.39 is 0 Å². The van der Waals surface area contributed by atoms with Gasteiger partial charge in [-0.3, -0.25) is 9.59 Å². The van der Waals surface area contributed by atoms with E-state index in [1.54, 1.807) is 13.8 Å². The third-order valence-electron chi connectivity index (χ3n) is 2.50. The summed E-state index contributed by atoms with van der Waals surface area (Å²) in [4.78, 5) is 31.0. The van der Waals surface area contributed by atoms with Crippen LogP contribution in [0.1, 0.15) is 19.2 Å². The van der Waals surface area contributed by atoms with E-state index in [1.807, 2.05) is 0 Å². The van der Waals surface area contributed by atoms with E-state index in [4.69, 9.17) is 0 Å². The molecule has 9 heteroatoms. The van der Waals surface area contributed by atoms with Crippen molar-refractivity contribution in [2.45, 2.75) is 26.8 Å². The van der Waals surface area contributed by atoms with Crippen LogP contribution in [0.3, 0.4) is 0 Å². The molecular formula is C12H15N7O2. The van der Waals surface area contributed by atoms with Gasteiger partial charge in [-0.25, -0.2) is 14.6 Å². The van der Waals surface area contributed by atoms with Gasteiger partial charge in [-0.2, -0.15) is 0 Å². The number of aryl methyl sites for hydroxylation is 1. The summed E-state index contributed by atoms with van der Waals surface area (Å²) in [5, 5.41) is 12.7. The maximum absolute atomic E-state index is 11.8. The highest BCUT2D eigenvalue weighted by molar-refractivity contribution is 5.90. The lowest BCUT2D eigenvalue weighted by Gasteiger charge is -2.04. The van der Waals surface area contributed by atoms with Gasteiger partial charge in [0.15, 0.2) is 5.82 Å². The maximum atomic E-state index is 11.8. The first-order chi connectivity index (χ1) is 10.1. The first-order valence-electron chi connectivity index (χ1n) is 6.35. The third-order valence-corrected chi connectivity index (χ3v) is 2.50. The molecule has 2 N–H and O–H groups in total. The fraction of sp³-hybridized carbons (Fsp3) is 0.333. The molecular weight excluding hydrogens is 274 g/mol. The summed E-state index contributed by atoms with van der Waals surface area (Å²) in [5.41, 5.74) is 0.505. The molecule has 0 bridgehead atoms. The summed E-state index contributed by atoms with van der Waals surface area (Å²) < 4.78 is 1.33. The SMILES string of the molecule is CCC(=O)Nc1cn(CC(=O)Nc2cnc(C)nc2)nn1. The van der Waals surface area contributed by atoms with Crippen molar-refractivity contribution in [1.29, 1.82) is 0 Å². The molecule has 0 saturated carbocycles. The van der Waals surface area contributed by atoms with E-state index in [2.05, 4.69) is 30.9 Å². The second-order valence-corrected chi connectivity index (χ2v) is 4.27. The number of carbonyl (C=O) groups excluding carboxylic acids is 2. The molecule has 0 atom stereocenters. The summed E-state index contributed by atoms with van der Waals surface area (Å²) >= 11 is 0. The molecule has 0 unspecified atom stereocenters. The summed E-state index contributed by atoms with van der Waals surface area (Å²) in [6, 6.07) is 0. The lowest BCUT2D eigenvalue weighted by atomic mass is 10.4. The van der Waals surface area contributed by atoms with Crippen LogP contribution >= 0.6 is 0 Å². The summed E-state index contributed by atoms with van der Waals surface area (Å²) in [7, 11) is 0. The number of anilines is 2. The molecule has 0 aliphatic heterocycles. The van der Waals surface area contributed by atoms with Gasteiger partial charge in [-0.1, -0.05) is 12.1 Å². The Balaban J connectivity index is 1.90. The second-order valence-electron chi connectivity index (χ2n) is 4.27. The molecule has 2 rings (SSSR count). The summed E-state index contributed by atoms with van der Waals surface area (Å²) in [5.74, 6) is 0.484. The van der Waals surface area contributed by atoms with Crippen LogP contribution in [0, 0.1) is 6.92 Å². The highest BCUT2D eigenvalue weighted by Gasteiger charge is 2.08. The first-order valence-corrected chi connectivity index (χ1v) is 6.35. The standard InChI is InChI=1S/C12H15N7O2/c1-3-11(20)16-10-6-19(18-17-10)7-12(21)15-9-4-13-8(2)14-5-9/h4-6H,3,7H2,1-2H3,(H,15,21)(H,16,20). The molecule has 2 heterocycles. The van der Waals surface area contributed by atoms with Gasteiger partial charge in [0, 0.05) is 6.42 Å². The molecule has 2 aromatic rings. The van der Waals surface area contributed by atoms with Crippen molar-refractivity contribution >= 4 is 23.3 Å². The van der Waals surface area contributed by atoms with Gasteiger partial charge in [0.1, 0.15) is 12.4 Å². The van der Waals surface area contributed by atoms with Crippen molar-refractivity contribution in [2.24, 2.45) is 0 Å². The molecule has 0 aliphatic rings. The van der Waals surface area contributed by atoms with E-state index in [1.165, 1.54) is 23.3 Å². The van der Waals surface area contributed by atoms with Crippen molar-refractivity contribution in [1.82, 2.24) is 25.0 Å². The van der Waals surface area contributed by atoms with Crippen molar-refractivity contribution < 1.29 is 9.59 Å². The fourth-order valence-electron chi connectivity index (χ4n) is 1.47. The largest absolute Gasteiger partial charge is 0.322 e. The number of hydrogen-bond acceptors (Lipinski definition) is 6. The Morgan fingerprint density at radius 2 is 1.90 bits per heavy atom. The Kier molecular flexibility index (Phi) is 4.54. The van der Waals surface area contributed by atoms with Gasteiger partial charge in [0.2, 0.25) is 11.8 Å². The average molecular weight is 289 g/mol. The molecule has 0 aromatic carbocycles. The Labute approximate surface area is 120 Å². The van der Waals surface area contributed by atoms with Crippen LogP contribution in [0.15, 0.2) is 18.6 Å². The van der Waals surface area contributed by atoms with E-state index in [0.29, 0.717) is 23.8 Å². The van der Waals surface area contributed by atoms with Gasteiger partial charge in [0.05, 0.1) is 24.3 Å². The molecule has 110 valence electrons. The average Bonchev–Trinajstić information content (AvgIpc) is 2.88. The molecule has 0 spiro atoms. The number of nitrogens with zero attached hydrogens (tertiary/aromatic N) is 5. The normalized spacial score (nSPS) is 10.2. The Morgan fingerprint density at radius 1 is 1.19 bits per heavy atom. The zero-order valence-corrected chi connectivity index (χ0v) is 11.7. The molecule has 0 radical (unpaired) electrons. The number of aromatic nitrogens is 5. The van der Waals surface area contributed by atoms with Crippen LogP contribution < -0.4 is 10.6 Å². The number of carbonyl (C=O) groups is 2. The van der Waals surface area contributed by atoms with Crippen LogP contribution in [-0.4, -0.2) is 36.8 Å². The van der Waals surface area contributed by atoms with Gasteiger partial charge >= 0.3 is 0 Å². The molecule has 2 amide bonds. The highest BCUT2D eigenvalue weighted by atomic mass is 16.2. The van der Waals surface area contributed by atoms with Crippen molar-refractivity contribution in [3.05, 3.63) is 24.4 Å². The van der Waals surface area contributed by atoms with Gasteiger partial charge < -0.3 is 10.6 Å². The second kappa shape index (κ2) is 6.55. The van der Waals surface area contributed by atoms with Crippen LogP contribution in [0.5, 0.6) is 0 Å². The number of nitrogens with one attached hydrogen (secondary N) is 2. The van der Waals surface area contributed by atoms with Crippen molar-refractivity contribution in [3.8, 4) is 0 Å². The Bertz CT molecular complexity index is 635. The third kappa shape index (κ3) is 4.34. The molecule has 2 aromatic heterocycles. The van der Waals surface area contributed by atoms with Crippen LogP contribution in [0.4, 0.5) is 11.5 Å².